The van der Waals surface area contributed by atoms with Crippen LogP contribution in [0.25, 0.3) is 17.1 Å². The van der Waals surface area contributed by atoms with E-state index in [0.29, 0.717) is 22.1 Å². The molecule has 5 rings (SSSR count). The number of carbonyl (C=O) groups excluding carboxylic acids is 2. The van der Waals surface area contributed by atoms with Gasteiger partial charge in [0.25, 0.3) is 11.8 Å². The highest BCUT2D eigenvalue weighted by Gasteiger charge is 2.35. The van der Waals surface area contributed by atoms with Crippen LogP contribution in [-0.4, -0.2) is 37.4 Å². The van der Waals surface area contributed by atoms with Crippen LogP contribution in [-0.2, 0) is 0 Å². The molecule has 6 nitrogen and oxygen atoms in total. The second-order valence-electron chi connectivity index (χ2n) is 7.70. The van der Waals surface area contributed by atoms with Gasteiger partial charge in [0.2, 0.25) is 0 Å². The summed E-state index contributed by atoms with van der Waals surface area (Å²) in [7, 11) is 0. The summed E-state index contributed by atoms with van der Waals surface area (Å²) >= 11 is 1.31. The Bertz CT molecular complexity index is 1290. The van der Waals surface area contributed by atoms with Crippen LogP contribution in [0.2, 0.25) is 0 Å². The highest BCUT2D eigenvalue weighted by molar-refractivity contribution is 7.99. The summed E-state index contributed by atoms with van der Waals surface area (Å²) in [5.74, 6) is 0.305. The van der Waals surface area contributed by atoms with E-state index in [9.17, 15) is 9.59 Å². The van der Waals surface area contributed by atoms with Crippen molar-refractivity contribution in [2.24, 2.45) is 0 Å². The third kappa shape index (κ3) is 3.50. The Morgan fingerprint density at radius 3 is 1.91 bits per heavy atom. The topological polar surface area (TPSA) is 68.1 Å². The maximum Gasteiger partial charge on any atom is 0.262 e. The molecule has 0 saturated carbocycles. The van der Waals surface area contributed by atoms with E-state index in [-0.39, 0.29) is 17.7 Å². The molecule has 7 heteroatoms. The fourth-order valence-electron chi connectivity index (χ4n) is 3.66. The number of thioether (sulfide) groups is 1. The standard InChI is InChI=1S/C25H20N4O2S/c1-16-7-11-18(12-8-16)22-26-27-25(29(22)19-13-9-17(2)10-14-19)32-15-28-23(30)20-5-3-4-6-21(20)24(28)31/h3-14H,15H2,1-2H3. The van der Waals surface area contributed by atoms with E-state index in [1.54, 1.807) is 24.3 Å². The minimum Gasteiger partial charge on any atom is -0.270 e. The zero-order valence-electron chi connectivity index (χ0n) is 17.6. The van der Waals surface area contributed by atoms with Crippen LogP contribution in [0.1, 0.15) is 31.8 Å². The van der Waals surface area contributed by atoms with Gasteiger partial charge in [-0.1, -0.05) is 71.4 Å². The van der Waals surface area contributed by atoms with Gasteiger partial charge in [0.1, 0.15) is 0 Å². The quantitative estimate of drug-likeness (QED) is 0.326. The Kier molecular flexibility index (Phi) is 5.11. The molecule has 0 atom stereocenters. The molecule has 0 bridgehead atoms. The van der Waals surface area contributed by atoms with Gasteiger partial charge >= 0.3 is 0 Å². The molecule has 0 saturated heterocycles. The van der Waals surface area contributed by atoms with Gasteiger partial charge in [0, 0.05) is 11.3 Å². The summed E-state index contributed by atoms with van der Waals surface area (Å²) in [6.45, 7) is 4.08. The smallest absolute Gasteiger partial charge is 0.262 e. The second kappa shape index (κ2) is 8.09. The number of benzene rings is 3. The van der Waals surface area contributed by atoms with E-state index in [1.807, 2.05) is 66.9 Å². The summed E-state index contributed by atoms with van der Waals surface area (Å²) in [5, 5.41) is 9.45. The fourth-order valence-corrected chi connectivity index (χ4v) is 4.56. The normalized spacial score (nSPS) is 13.0. The largest absolute Gasteiger partial charge is 0.270 e. The van der Waals surface area contributed by atoms with Crippen molar-refractivity contribution in [3.05, 3.63) is 95.1 Å². The van der Waals surface area contributed by atoms with Crippen LogP contribution in [0.15, 0.2) is 78.0 Å². The monoisotopic (exact) mass is 440 g/mol. The minimum absolute atomic E-state index is 0.157. The van der Waals surface area contributed by atoms with Crippen LogP contribution in [0.4, 0.5) is 0 Å². The first-order valence-electron chi connectivity index (χ1n) is 10.2. The first-order chi connectivity index (χ1) is 15.5. The summed E-state index contributed by atoms with van der Waals surface area (Å²) in [5.41, 5.74) is 5.06. The molecule has 2 heterocycles. The third-order valence-electron chi connectivity index (χ3n) is 5.44. The lowest BCUT2D eigenvalue weighted by atomic mass is 10.1. The Hall–Kier alpha value is -3.71. The van der Waals surface area contributed by atoms with Gasteiger partial charge < -0.3 is 0 Å². The highest BCUT2D eigenvalue weighted by Crippen LogP contribution is 2.31. The van der Waals surface area contributed by atoms with Gasteiger partial charge in [-0.05, 0) is 38.1 Å². The van der Waals surface area contributed by atoms with Crippen molar-refractivity contribution in [2.75, 3.05) is 5.88 Å². The van der Waals surface area contributed by atoms with Crippen molar-refractivity contribution in [3.63, 3.8) is 0 Å². The van der Waals surface area contributed by atoms with E-state index in [2.05, 4.69) is 10.2 Å². The average Bonchev–Trinajstić information content (AvgIpc) is 3.33. The molecule has 158 valence electrons. The number of hydrogen-bond acceptors (Lipinski definition) is 5. The molecule has 0 aliphatic carbocycles. The number of rotatable bonds is 5. The van der Waals surface area contributed by atoms with Gasteiger partial charge in [0.15, 0.2) is 11.0 Å². The maximum atomic E-state index is 12.7. The highest BCUT2D eigenvalue weighted by atomic mass is 32.2. The number of nitrogens with zero attached hydrogens (tertiary/aromatic N) is 4. The molecule has 1 aliphatic heterocycles. The molecule has 0 fully saturated rings. The number of fused-ring (bicyclic) bond motifs is 1. The van der Waals surface area contributed by atoms with Crippen molar-refractivity contribution >= 4 is 23.6 Å². The Balaban J connectivity index is 1.49. The molecular weight excluding hydrogens is 420 g/mol. The van der Waals surface area contributed by atoms with E-state index in [0.717, 1.165) is 22.4 Å². The summed E-state index contributed by atoms with van der Waals surface area (Å²) in [4.78, 5) is 26.7. The summed E-state index contributed by atoms with van der Waals surface area (Å²) in [6.07, 6.45) is 0. The number of imide groups is 1. The predicted octanol–water partition coefficient (Wildman–Crippen LogP) is 4.90. The maximum absolute atomic E-state index is 12.7. The van der Waals surface area contributed by atoms with Crippen LogP contribution < -0.4 is 0 Å². The van der Waals surface area contributed by atoms with Crippen LogP contribution in [0.5, 0.6) is 0 Å². The molecule has 0 unspecified atom stereocenters. The fraction of sp³-hybridized carbons (Fsp3) is 0.120. The molecule has 0 N–H and O–H groups in total. The molecule has 0 spiro atoms. The Morgan fingerprint density at radius 2 is 1.31 bits per heavy atom. The zero-order chi connectivity index (χ0) is 22.2. The molecule has 32 heavy (non-hydrogen) atoms. The lowest BCUT2D eigenvalue weighted by molar-refractivity contribution is 0.0684. The number of carbonyl (C=O) groups is 2. The van der Waals surface area contributed by atoms with E-state index >= 15 is 0 Å². The van der Waals surface area contributed by atoms with E-state index in [4.69, 9.17) is 0 Å². The van der Waals surface area contributed by atoms with E-state index < -0.39 is 0 Å². The van der Waals surface area contributed by atoms with Crippen molar-refractivity contribution in [3.8, 4) is 17.1 Å². The summed E-state index contributed by atoms with van der Waals surface area (Å²) in [6, 6.07) is 23.1. The van der Waals surface area contributed by atoms with E-state index in [1.165, 1.54) is 16.7 Å². The number of aromatic nitrogens is 3. The Morgan fingerprint density at radius 1 is 0.750 bits per heavy atom. The predicted molar refractivity (Wildman–Crippen MR) is 124 cm³/mol. The van der Waals surface area contributed by atoms with Gasteiger partial charge in [-0.3, -0.25) is 19.1 Å². The van der Waals surface area contributed by atoms with Crippen molar-refractivity contribution in [1.29, 1.82) is 0 Å². The molecule has 3 aromatic carbocycles. The molecule has 4 aromatic rings. The van der Waals surface area contributed by atoms with Crippen molar-refractivity contribution in [1.82, 2.24) is 19.7 Å². The SMILES string of the molecule is Cc1ccc(-c2nnc(SCN3C(=O)c4ccccc4C3=O)n2-c2ccc(C)cc2)cc1. The van der Waals surface area contributed by atoms with Gasteiger partial charge in [-0.15, -0.1) is 10.2 Å². The number of amides is 2. The lowest BCUT2D eigenvalue weighted by Crippen LogP contribution is -2.29. The van der Waals surface area contributed by atoms with Crippen LogP contribution in [0, 0.1) is 13.8 Å². The van der Waals surface area contributed by atoms with Crippen LogP contribution >= 0.6 is 11.8 Å². The number of hydrogen-bond donors (Lipinski definition) is 0. The molecule has 0 radical (unpaired) electrons. The van der Waals surface area contributed by atoms with Crippen molar-refractivity contribution < 1.29 is 9.59 Å². The van der Waals surface area contributed by atoms with Gasteiger partial charge in [-0.25, -0.2) is 0 Å². The first-order valence-corrected chi connectivity index (χ1v) is 11.2. The lowest BCUT2D eigenvalue weighted by Gasteiger charge is -2.14. The molecule has 2 amide bonds. The molecular formula is C25H20N4O2S. The second-order valence-corrected chi connectivity index (χ2v) is 8.61. The van der Waals surface area contributed by atoms with Crippen molar-refractivity contribution in [2.45, 2.75) is 19.0 Å². The minimum atomic E-state index is -0.279. The van der Waals surface area contributed by atoms with Gasteiger partial charge in [0.05, 0.1) is 17.0 Å². The van der Waals surface area contributed by atoms with Crippen LogP contribution in [0.3, 0.4) is 0 Å². The van der Waals surface area contributed by atoms with Gasteiger partial charge in [-0.2, -0.15) is 0 Å². The zero-order valence-corrected chi connectivity index (χ0v) is 18.5. The molecule has 1 aliphatic rings. The number of aryl methyl sites for hydroxylation is 2. The Labute approximate surface area is 189 Å². The third-order valence-corrected chi connectivity index (χ3v) is 6.35. The average molecular weight is 441 g/mol. The molecule has 1 aromatic heterocycles. The first kappa shape index (κ1) is 20.2. The summed E-state index contributed by atoms with van der Waals surface area (Å²) < 4.78 is 1.97.